The highest BCUT2D eigenvalue weighted by Crippen LogP contribution is 2.38. The lowest BCUT2D eigenvalue weighted by Gasteiger charge is -2.22. The van der Waals surface area contributed by atoms with E-state index in [2.05, 4.69) is 9.55 Å². The molecule has 1 saturated heterocycles. The zero-order valence-electron chi connectivity index (χ0n) is 8.56. The Morgan fingerprint density at radius 2 is 2.33 bits per heavy atom. The van der Waals surface area contributed by atoms with Crippen LogP contribution in [0.3, 0.4) is 0 Å². The van der Waals surface area contributed by atoms with Gasteiger partial charge in [-0.1, -0.05) is 0 Å². The summed E-state index contributed by atoms with van der Waals surface area (Å²) >= 11 is 0. The van der Waals surface area contributed by atoms with E-state index >= 15 is 0 Å². The fraction of sp³-hybridized carbons (Fsp3) is 0.636. The van der Waals surface area contributed by atoms with Gasteiger partial charge in [-0.25, -0.2) is 4.98 Å². The van der Waals surface area contributed by atoms with Gasteiger partial charge in [0.1, 0.15) is 11.9 Å². The third-order valence-corrected chi connectivity index (χ3v) is 3.08. The van der Waals surface area contributed by atoms with Crippen LogP contribution in [0.25, 0.3) is 0 Å². The summed E-state index contributed by atoms with van der Waals surface area (Å²) in [6.07, 6.45) is 7.16. The van der Waals surface area contributed by atoms with Gasteiger partial charge in [0.25, 0.3) is 0 Å². The van der Waals surface area contributed by atoms with Crippen LogP contribution < -0.4 is 0 Å². The number of ketones is 1. The minimum absolute atomic E-state index is 0.0608. The van der Waals surface area contributed by atoms with E-state index in [1.54, 1.807) is 0 Å². The van der Waals surface area contributed by atoms with Gasteiger partial charge in [-0.15, -0.1) is 0 Å². The molecule has 1 saturated carbocycles. The van der Waals surface area contributed by atoms with Crippen molar-refractivity contribution < 1.29 is 9.53 Å². The third kappa shape index (κ3) is 1.69. The maximum atomic E-state index is 11.4. The highest BCUT2D eigenvalue weighted by Gasteiger charge is 2.30. The summed E-state index contributed by atoms with van der Waals surface area (Å²) in [5.41, 5.74) is 1.07. The molecule has 80 valence electrons. The molecule has 1 unspecified atom stereocenters. The molecule has 15 heavy (non-hydrogen) atoms. The predicted octanol–water partition coefficient (Wildman–Crippen LogP) is 1.64. The standard InChI is InChI=1S/C11H14N2O2/c14-9-3-4-15-11(5-9)10-6-12-7-13(10)8-1-2-8/h6-8,11H,1-5H2. The molecule has 2 fully saturated rings. The molecule has 0 N–H and O–H groups in total. The maximum absolute atomic E-state index is 11.4. The number of Topliss-reactive ketones (excluding diaryl/α,β-unsaturated/α-hetero) is 1. The van der Waals surface area contributed by atoms with Crippen LogP contribution in [0.4, 0.5) is 0 Å². The van der Waals surface area contributed by atoms with E-state index in [0.717, 1.165) is 5.69 Å². The van der Waals surface area contributed by atoms with E-state index < -0.39 is 0 Å². The zero-order chi connectivity index (χ0) is 10.3. The van der Waals surface area contributed by atoms with Crippen molar-refractivity contribution in [3.63, 3.8) is 0 Å². The van der Waals surface area contributed by atoms with Gasteiger partial charge in [0.2, 0.25) is 0 Å². The Morgan fingerprint density at radius 3 is 3.07 bits per heavy atom. The van der Waals surface area contributed by atoms with Gasteiger partial charge < -0.3 is 9.30 Å². The van der Waals surface area contributed by atoms with Crippen molar-refractivity contribution in [2.75, 3.05) is 6.61 Å². The van der Waals surface area contributed by atoms with Crippen LogP contribution in [0.1, 0.15) is 43.5 Å². The first kappa shape index (κ1) is 9.09. The van der Waals surface area contributed by atoms with Crippen LogP contribution in [-0.4, -0.2) is 21.9 Å². The van der Waals surface area contributed by atoms with Crippen molar-refractivity contribution in [3.05, 3.63) is 18.2 Å². The summed E-state index contributed by atoms with van der Waals surface area (Å²) in [7, 11) is 0. The Hall–Kier alpha value is -1.16. The first-order valence-electron chi connectivity index (χ1n) is 5.49. The predicted molar refractivity (Wildman–Crippen MR) is 53.4 cm³/mol. The van der Waals surface area contributed by atoms with Crippen molar-refractivity contribution in [1.29, 1.82) is 0 Å². The minimum Gasteiger partial charge on any atom is -0.371 e. The van der Waals surface area contributed by atoms with E-state index in [0.29, 0.717) is 31.3 Å². The van der Waals surface area contributed by atoms with Crippen molar-refractivity contribution in [2.45, 2.75) is 37.8 Å². The molecule has 1 aliphatic carbocycles. The van der Waals surface area contributed by atoms with Gasteiger partial charge in [0.05, 0.1) is 24.8 Å². The minimum atomic E-state index is -0.0608. The molecule has 1 atom stereocenters. The summed E-state index contributed by atoms with van der Waals surface area (Å²) in [5, 5.41) is 0. The zero-order valence-corrected chi connectivity index (χ0v) is 8.56. The Kier molecular flexibility index (Phi) is 2.09. The number of aromatic nitrogens is 2. The Morgan fingerprint density at radius 1 is 1.47 bits per heavy atom. The molecule has 2 heterocycles. The highest BCUT2D eigenvalue weighted by atomic mass is 16.5. The smallest absolute Gasteiger partial charge is 0.138 e. The number of imidazole rings is 1. The van der Waals surface area contributed by atoms with Crippen LogP contribution in [-0.2, 0) is 9.53 Å². The monoisotopic (exact) mass is 206 g/mol. The van der Waals surface area contributed by atoms with Gasteiger partial charge in [0, 0.05) is 18.9 Å². The quantitative estimate of drug-likeness (QED) is 0.738. The summed E-state index contributed by atoms with van der Waals surface area (Å²) in [6, 6.07) is 0.600. The van der Waals surface area contributed by atoms with Gasteiger partial charge in [-0.2, -0.15) is 0 Å². The second-order valence-electron chi connectivity index (χ2n) is 4.31. The number of nitrogens with zero attached hydrogens (tertiary/aromatic N) is 2. The Labute approximate surface area is 88.3 Å². The highest BCUT2D eigenvalue weighted by molar-refractivity contribution is 5.79. The molecule has 2 aliphatic rings. The first-order chi connectivity index (χ1) is 7.34. The lowest BCUT2D eigenvalue weighted by molar-refractivity contribution is -0.129. The normalized spacial score (nSPS) is 26.9. The summed E-state index contributed by atoms with van der Waals surface area (Å²) in [6.45, 7) is 0.555. The van der Waals surface area contributed by atoms with E-state index in [1.165, 1.54) is 12.8 Å². The molecular weight excluding hydrogens is 192 g/mol. The van der Waals surface area contributed by atoms with Gasteiger partial charge in [-0.05, 0) is 12.8 Å². The molecule has 0 bridgehead atoms. The van der Waals surface area contributed by atoms with E-state index in [9.17, 15) is 4.79 Å². The van der Waals surface area contributed by atoms with E-state index in [-0.39, 0.29) is 6.10 Å². The lowest BCUT2D eigenvalue weighted by Crippen LogP contribution is -2.21. The number of hydrogen-bond acceptors (Lipinski definition) is 3. The Bertz CT molecular complexity index is 382. The van der Waals surface area contributed by atoms with Gasteiger partial charge in [-0.3, -0.25) is 4.79 Å². The van der Waals surface area contributed by atoms with Crippen LogP contribution >= 0.6 is 0 Å². The van der Waals surface area contributed by atoms with Crippen LogP contribution in [0.15, 0.2) is 12.5 Å². The molecule has 0 spiro atoms. The summed E-state index contributed by atoms with van der Waals surface area (Å²) < 4.78 is 7.80. The molecule has 1 aliphatic heterocycles. The molecule has 1 aromatic heterocycles. The first-order valence-corrected chi connectivity index (χ1v) is 5.49. The van der Waals surface area contributed by atoms with E-state index in [1.807, 2.05) is 12.5 Å². The molecule has 4 heteroatoms. The van der Waals surface area contributed by atoms with Crippen molar-refractivity contribution >= 4 is 5.78 Å². The molecule has 0 aromatic carbocycles. The molecule has 3 rings (SSSR count). The number of rotatable bonds is 2. The number of ether oxygens (including phenoxy) is 1. The maximum Gasteiger partial charge on any atom is 0.138 e. The molecule has 0 radical (unpaired) electrons. The second kappa shape index (κ2) is 3.45. The van der Waals surface area contributed by atoms with Crippen molar-refractivity contribution in [3.8, 4) is 0 Å². The van der Waals surface area contributed by atoms with Gasteiger partial charge >= 0.3 is 0 Å². The Balaban J connectivity index is 1.84. The topological polar surface area (TPSA) is 44.1 Å². The fourth-order valence-electron chi connectivity index (χ4n) is 2.09. The second-order valence-corrected chi connectivity index (χ2v) is 4.31. The lowest BCUT2D eigenvalue weighted by atomic mass is 10.1. The molecular formula is C11H14N2O2. The fourth-order valence-corrected chi connectivity index (χ4v) is 2.09. The summed E-state index contributed by atoms with van der Waals surface area (Å²) in [4.78, 5) is 15.5. The van der Waals surface area contributed by atoms with Crippen LogP contribution in [0, 0.1) is 0 Å². The largest absolute Gasteiger partial charge is 0.371 e. The molecule has 0 amide bonds. The number of carbonyl (C=O) groups is 1. The summed E-state index contributed by atoms with van der Waals surface area (Å²) in [5.74, 6) is 0.301. The van der Waals surface area contributed by atoms with Crippen molar-refractivity contribution in [2.24, 2.45) is 0 Å². The van der Waals surface area contributed by atoms with E-state index in [4.69, 9.17) is 4.74 Å². The van der Waals surface area contributed by atoms with Crippen molar-refractivity contribution in [1.82, 2.24) is 9.55 Å². The SMILES string of the molecule is O=C1CCOC(c2cncn2C2CC2)C1. The third-order valence-electron chi connectivity index (χ3n) is 3.08. The molecule has 4 nitrogen and oxygen atoms in total. The average Bonchev–Trinajstić information content (AvgIpc) is 2.96. The molecule has 1 aromatic rings. The van der Waals surface area contributed by atoms with Crippen LogP contribution in [0.5, 0.6) is 0 Å². The van der Waals surface area contributed by atoms with Gasteiger partial charge in [0.15, 0.2) is 0 Å². The number of hydrogen-bond donors (Lipinski definition) is 0. The average molecular weight is 206 g/mol. The van der Waals surface area contributed by atoms with Crippen LogP contribution in [0.2, 0.25) is 0 Å². The number of carbonyl (C=O) groups excluding carboxylic acids is 1.